The van der Waals surface area contributed by atoms with Crippen molar-refractivity contribution in [1.82, 2.24) is 5.32 Å². The number of amides is 2. The van der Waals surface area contributed by atoms with E-state index in [1.165, 1.54) is 14.0 Å². The van der Waals surface area contributed by atoms with Crippen molar-refractivity contribution in [2.75, 3.05) is 19.0 Å². The predicted molar refractivity (Wildman–Crippen MR) is 69.6 cm³/mol. The highest BCUT2D eigenvalue weighted by Crippen LogP contribution is 2.31. The van der Waals surface area contributed by atoms with Crippen molar-refractivity contribution in [3.8, 4) is 0 Å². The molecule has 0 bridgehead atoms. The third kappa shape index (κ3) is 4.90. The van der Waals surface area contributed by atoms with E-state index in [4.69, 9.17) is 0 Å². The number of rotatable bonds is 4. The first-order chi connectivity index (χ1) is 10.1. The minimum Gasteiger partial charge on any atom is -0.469 e. The van der Waals surface area contributed by atoms with Crippen LogP contribution in [0.4, 0.5) is 28.0 Å². The third-order valence-electron chi connectivity index (χ3n) is 2.71. The molecule has 1 unspecified atom stereocenters. The second-order valence-electron chi connectivity index (χ2n) is 4.45. The molecule has 22 heavy (non-hydrogen) atoms. The van der Waals surface area contributed by atoms with Crippen molar-refractivity contribution in [3.63, 3.8) is 0 Å². The first-order valence-electron chi connectivity index (χ1n) is 6.14. The largest absolute Gasteiger partial charge is 0.469 e. The molecule has 0 aromatic heterocycles. The zero-order valence-electron chi connectivity index (χ0n) is 11.8. The first-order valence-corrected chi connectivity index (χ1v) is 6.14. The zero-order valence-corrected chi connectivity index (χ0v) is 11.8. The van der Waals surface area contributed by atoms with Crippen LogP contribution in [0.1, 0.15) is 12.5 Å². The number of carbonyl (C=O) groups excluding carboxylic acids is 2. The standard InChI is InChI=1S/C13H14F4N2O3/c1-7(11(20)22-2)6-18-12(21)19-10-5-8(13(15,16)17)3-4-9(10)14/h3-5,7H,6H2,1-2H3,(H2,18,19,21). The molecule has 122 valence electrons. The Morgan fingerprint density at radius 2 is 1.95 bits per heavy atom. The van der Waals surface area contributed by atoms with Crippen molar-refractivity contribution in [1.29, 1.82) is 0 Å². The molecular weight excluding hydrogens is 308 g/mol. The van der Waals surface area contributed by atoms with Crippen molar-refractivity contribution in [2.24, 2.45) is 5.92 Å². The lowest BCUT2D eigenvalue weighted by molar-refractivity contribution is -0.144. The summed E-state index contributed by atoms with van der Waals surface area (Å²) in [6, 6.07) is 0.723. The number of ether oxygens (including phenoxy) is 1. The first kappa shape index (κ1) is 17.7. The van der Waals surface area contributed by atoms with E-state index in [-0.39, 0.29) is 6.54 Å². The van der Waals surface area contributed by atoms with Crippen molar-refractivity contribution < 1.29 is 31.9 Å². The maximum absolute atomic E-state index is 13.4. The number of carbonyl (C=O) groups is 2. The summed E-state index contributed by atoms with van der Waals surface area (Å²) in [6.45, 7) is 1.37. The molecule has 0 saturated heterocycles. The van der Waals surface area contributed by atoms with E-state index in [1.807, 2.05) is 5.32 Å². The zero-order chi connectivity index (χ0) is 16.9. The maximum Gasteiger partial charge on any atom is 0.416 e. The fourth-order valence-corrected chi connectivity index (χ4v) is 1.49. The molecule has 1 atom stereocenters. The number of benzene rings is 1. The number of halogens is 4. The van der Waals surface area contributed by atoms with Crippen LogP contribution in [-0.4, -0.2) is 25.7 Å². The number of hydrogen-bond donors (Lipinski definition) is 2. The van der Waals surface area contributed by atoms with Gasteiger partial charge in [0.1, 0.15) is 5.82 Å². The van der Waals surface area contributed by atoms with Gasteiger partial charge in [0.15, 0.2) is 0 Å². The summed E-state index contributed by atoms with van der Waals surface area (Å²) in [5.74, 6) is -2.23. The molecule has 2 amide bonds. The van der Waals surface area contributed by atoms with Gasteiger partial charge < -0.3 is 15.4 Å². The van der Waals surface area contributed by atoms with Gasteiger partial charge in [0.05, 0.1) is 24.3 Å². The Hall–Kier alpha value is -2.32. The molecule has 1 rings (SSSR count). The third-order valence-corrected chi connectivity index (χ3v) is 2.71. The van der Waals surface area contributed by atoms with Crippen molar-refractivity contribution >= 4 is 17.7 Å². The van der Waals surface area contributed by atoms with E-state index >= 15 is 0 Å². The SMILES string of the molecule is COC(=O)C(C)CNC(=O)Nc1cc(C(F)(F)F)ccc1F. The molecule has 9 heteroatoms. The number of esters is 1. The Labute approximate surface area is 123 Å². The van der Waals surface area contributed by atoms with Gasteiger partial charge in [0, 0.05) is 6.54 Å². The van der Waals surface area contributed by atoms with Gasteiger partial charge in [-0.3, -0.25) is 4.79 Å². The van der Waals surface area contributed by atoms with Crippen LogP contribution in [0.5, 0.6) is 0 Å². The molecule has 0 spiro atoms. The fourth-order valence-electron chi connectivity index (χ4n) is 1.49. The topological polar surface area (TPSA) is 67.4 Å². The molecule has 0 aliphatic rings. The number of methoxy groups -OCH3 is 1. The van der Waals surface area contributed by atoms with Crippen LogP contribution in [-0.2, 0) is 15.7 Å². The lowest BCUT2D eigenvalue weighted by Crippen LogP contribution is -2.35. The smallest absolute Gasteiger partial charge is 0.416 e. The van der Waals surface area contributed by atoms with Crippen LogP contribution < -0.4 is 10.6 Å². The number of anilines is 1. The average Bonchev–Trinajstić information content (AvgIpc) is 2.44. The van der Waals surface area contributed by atoms with E-state index in [0.29, 0.717) is 18.2 Å². The summed E-state index contributed by atoms with van der Waals surface area (Å²) >= 11 is 0. The summed E-state index contributed by atoms with van der Waals surface area (Å²) < 4.78 is 55.4. The Morgan fingerprint density at radius 3 is 2.50 bits per heavy atom. The highest BCUT2D eigenvalue weighted by atomic mass is 19.4. The van der Waals surface area contributed by atoms with Gasteiger partial charge in [-0.1, -0.05) is 6.92 Å². The molecule has 0 heterocycles. The van der Waals surface area contributed by atoms with E-state index in [2.05, 4.69) is 10.1 Å². The fraction of sp³-hybridized carbons (Fsp3) is 0.385. The van der Waals surface area contributed by atoms with Crippen LogP contribution in [0.3, 0.4) is 0 Å². The lowest BCUT2D eigenvalue weighted by Gasteiger charge is -2.13. The highest BCUT2D eigenvalue weighted by molar-refractivity contribution is 5.89. The van der Waals surface area contributed by atoms with Crippen LogP contribution in [0, 0.1) is 11.7 Å². The summed E-state index contributed by atoms with van der Waals surface area (Å²) in [5.41, 5.74) is -1.70. The summed E-state index contributed by atoms with van der Waals surface area (Å²) in [6.07, 6.45) is -4.65. The number of hydrogen-bond acceptors (Lipinski definition) is 3. The van der Waals surface area contributed by atoms with E-state index in [9.17, 15) is 27.2 Å². The molecule has 0 aliphatic heterocycles. The molecular formula is C13H14F4N2O3. The van der Waals surface area contributed by atoms with Gasteiger partial charge in [-0.2, -0.15) is 13.2 Å². The summed E-state index contributed by atoms with van der Waals surface area (Å²) in [7, 11) is 1.18. The lowest BCUT2D eigenvalue weighted by atomic mass is 10.2. The molecule has 2 N–H and O–H groups in total. The number of nitrogens with one attached hydrogen (secondary N) is 2. The van der Waals surface area contributed by atoms with Gasteiger partial charge in [0.25, 0.3) is 0 Å². The minimum absolute atomic E-state index is 0.112. The molecule has 0 saturated carbocycles. The van der Waals surface area contributed by atoms with Crippen molar-refractivity contribution in [2.45, 2.75) is 13.1 Å². The van der Waals surface area contributed by atoms with Gasteiger partial charge in [-0.05, 0) is 18.2 Å². The highest BCUT2D eigenvalue weighted by Gasteiger charge is 2.31. The van der Waals surface area contributed by atoms with Gasteiger partial charge in [0.2, 0.25) is 0 Å². The minimum atomic E-state index is -4.65. The molecule has 1 aromatic carbocycles. The Morgan fingerprint density at radius 1 is 1.32 bits per heavy atom. The molecule has 0 fully saturated rings. The monoisotopic (exact) mass is 322 g/mol. The van der Waals surface area contributed by atoms with Crippen LogP contribution in [0.2, 0.25) is 0 Å². The average molecular weight is 322 g/mol. The molecule has 1 aromatic rings. The van der Waals surface area contributed by atoms with E-state index in [1.54, 1.807) is 0 Å². The predicted octanol–water partition coefficient (Wildman–Crippen LogP) is 2.78. The quantitative estimate of drug-likeness (QED) is 0.662. The summed E-state index contributed by atoms with van der Waals surface area (Å²) in [4.78, 5) is 22.6. The Balaban J connectivity index is 2.70. The number of alkyl halides is 3. The molecule has 0 aliphatic carbocycles. The van der Waals surface area contributed by atoms with Crippen LogP contribution in [0.25, 0.3) is 0 Å². The second kappa shape index (κ2) is 7.10. The van der Waals surface area contributed by atoms with Gasteiger partial charge >= 0.3 is 18.2 Å². The van der Waals surface area contributed by atoms with Crippen LogP contribution >= 0.6 is 0 Å². The number of urea groups is 1. The normalized spacial score (nSPS) is 12.5. The Bertz CT molecular complexity index is 561. The van der Waals surface area contributed by atoms with Crippen LogP contribution in [0.15, 0.2) is 18.2 Å². The summed E-state index contributed by atoms with van der Waals surface area (Å²) in [5, 5.41) is 4.19. The van der Waals surface area contributed by atoms with E-state index in [0.717, 1.165) is 0 Å². The maximum atomic E-state index is 13.4. The second-order valence-corrected chi connectivity index (χ2v) is 4.45. The van der Waals surface area contributed by atoms with Crippen molar-refractivity contribution in [3.05, 3.63) is 29.6 Å². The molecule has 0 radical (unpaired) electrons. The van der Waals surface area contributed by atoms with E-state index < -0.39 is 41.2 Å². The van der Waals surface area contributed by atoms with Gasteiger partial charge in [-0.15, -0.1) is 0 Å². The molecule has 5 nitrogen and oxygen atoms in total. The van der Waals surface area contributed by atoms with Gasteiger partial charge in [-0.25, -0.2) is 9.18 Å². The Kier molecular flexibility index (Phi) is 5.72.